The average molecular weight is 474 g/mol. The first kappa shape index (κ1) is 23.0. The number of aliphatic hydroxyl groups is 3. The van der Waals surface area contributed by atoms with Gasteiger partial charge in [-0.25, -0.2) is 17.9 Å². The van der Waals surface area contributed by atoms with Crippen LogP contribution in [0.5, 0.6) is 0 Å². The highest BCUT2D eigenvalue weighted by Gasteiger charge is 2.47. The standard InChI is InChI=1S/C19H21F3N4O5S/c20-10-3-8(4-11(21)15(10)22)12-6-26(25-24-12)16-17(29)13(7-27)31-19(18(16)30)32-9-1-2-23-14(28)5-9/h3-4,6,9,13,16-19,27,29-30H,1-2,5,7H2,(H,23,28)/t9?,13?,16?,17-,18-,19+/m0/s1. The van der Waals surface area contributed by atoms with E-state index in [-0.39, 0.29) is 28.8 Å². The van der Waals surface area contributed by atoms with Crippen LogP contribution in [-0.4, -0.2) is 78.4 Å². The average Bonchev–Trinajstić information content (AvgIpc) is 3.23. The van der Waals surface area contributed by atoms with Gasteiger partial charge in [0.2, 0.25) is 5.91 Å². The van der Waals surface area contributed by atoms with Crippen LogP contribution in [-0.2, 0) is 9.53 Å². The minimum atomic E-state index is -1.61. The van der Waals surface area contributed by atoms with E-state index in [0.717, 1.165) is 16.8 Å². The molecule has 32 heavy (non-hydrogen) atoms. The molecule has 13 heteroatoms. The highest BCUT2D eigenvalue weighted by Crippen LogP contribution is 2.38. The molecule has 0 saturated carbocycles. The molecule has 3 heterocycles. The fourth-order valence-corrected chi connectivity index (χ4v) is 5.22. The minimum absolute atomic E-state index is 0.0117. The molecule has 2 fully saturated rings. The number of hydrogen-bond donors (Lipinski definition) is 4. The van der Waals surface area contributed by atoms with Crippen molar-refractivity contribution < 1.29 is 38.0 Å². The molecule has 1 amide bonds. The van der Waals surface area contributed by atoms with Crippen LogP contribution < -0.4 is 5.32 Å². The Bertz CT molecular complexity index is 973. The zero-order chi connectivity index (χ0) is 23.0. The topological polar surface area (TPSA) is 130 Å². The predicted octanol–water partition coefficient (Wildman–Crippen LogP) is 0.354. The Morgan fingerprint density at radius 1 is 1.22 bits per heavy atom. The maximum absolute atomic E-state index is 13.6. The van der Waals surface area contributed by atoms with E-state index >= 15 is 0 Å². The highest BCUT2D eigenvalue weighted by atomic mass is 32.2. The van der Waals surface area contributed by atoms with Crippen LogP contribution in [0.2, 0.25) is 0 Å². The maximum Gasteiger partial charge on any atom is 0.221 e. The largest absolute Gasteiger partial charge is 0.394 e. The van der Waals surface area contributed by atoms with Crippen LogP contribution in [0.3, 0.4) is 0 Å². The Morgan fingerprint density at radius 2 is 1.94 bits per heavy atom. The molecule has 0 bridgehead atoms. The molecule has 9 nitrogen and oxygen atoms in total. The second-order valence-corrected chi connectivity index (χ2v) is 9.04. The van der Waals surface area contributed by atoms with Crippen molar-refractivity contribution in [1.29, 1.82) is 0 Å². The van der Waals surface area contributed by atoms with E-state index in [1.165, 1.54) is 18.0 Å². The van der Waals surface area contributed by atoms with Crippen LogP contribution in [0.25, 0.3) is 11.3 Å². The number of nitrogens with one attached hydrogen (secondary N) is 1. The number of amides is 1. The number of carbonyl (C=O) groups excluding carboxylic acids is 1. The molecule has 3 unspecified atom stereocenters. The van der Waals surface area contributed by atoms with E-state index in [2.05, 4.69) is 15.6 Å². The summed E-state index contributed by atoms with van der Waals surface area (Å²) in [4.78, 5) is 11.7. The monoisotopic (exact) mass is 474 g/mol. The molecule has 2 aliphatic rings. The summed E-state index contributed by atoms with van der Waals surface area (Å²) in [6.07, 6.45) is -1.58. The number of nitrogens with zero attached hydrogens (tertiary/aromatic N) is 3. The lowest BCUT2D eigenvalue weighted by molar-refractivity contribution is -0.178. The molecule has 174 valence electrons. The number of aromatic nitrogens is 3. The number of thioether (sulfide) groups is 1. The molecule has 4 rings (SSSR count). The molecule has 1 aromatic carbocycles. The van der Waals surface area contributed by atoms with Crippen molar-refractivity contribution in [1.82, 2.24) is 20.3 Å². The molecule has 0 aliphatic carbocycles. The van der Waals surface area contributed by atoms with Crippen molar-refractivity contribution in [3.05, 3.63) is 35.8 Å². The Labute approximate surface area is 184 Å². The summed E-state index contributed by atoms with van der Waals surface area (Å²) in [5, 5.41) is 41.5. The fourth-order valence-electron chi connectivity index (χ4n) is 3.81. The SMILES string of the molecule is O=C1CC(S[C@H]2OC(CO)[C@H](O)C(n3cc(-c4cc(F)c(F)c(F)c4)nn3)[C@@H]2O)CCN1. The minimum Gasteiger partial charge on any atom is -0.394 e. The first-order chi connectivity index (χ1) is 15.3. The van der Waals surface area contributed by atoms with Gasteiger partial charge in [-0.3, -0.25) is 4.79 Å². The first-order valence-electron chi connectivity index (χ1n) is 9.90. The number of piperidine rings is 1. The number of hydrogen-bond acceptors (Lipinski definition) is 8. The van der Waals surface area contributed by atoms with Crippen molar-refractivity contribution in [3.63, 3.8) is 0 Å². The van der Waals surface area contributed by atoms with E-state index in [1.807, 2.05) is 0 Å². The molecule has 2 aliphatic heterocycles. The highest BCUT2D eigenvalue weighted by molar-refractivity contribution is 8.00. The van der Waals surface area contributed by atoms with Gasteiger partial charge in [0.15, 0.2) is 17.5 Å². The van der Waals surface area contributed by atoms with Gasteiger partial charge in [0, 0.05) is 23.8 Å². The van der Waals surface area contributed by atoms with Gasteiger partial charge in [-0.15, -0.1) is 16.9 Å². The smallest absolute Gasteiger partial charge is 0.221 e. The maximum atomic E-state index is 13.6. The Balaban J connectivity index is 1.59. The van der Waals surface area contributed by atoms with Gasteiger partial charge in [0.05, 0.1) is 12.8 Å². The predicted molar refractivity (Wildman–Crippen MR) is 106 cm³/mol. The van der Waals surface area contributed by atoms with Crippen LogP contribution >= 0.6 is 11.8 Å². The quantitative estimate of drug-likeness (QED) is 0.457. The number of halogens is 3. The summed E-state index contributed by atoms with van der Waals surface area (Å²) < 4.78 is 47.2. The normalized spacial score (nSPS) is 30.9. The molecule has 0 radical (unpaired) electrons. The second kappa shape index (κ2) is 9.35. The summed E-state index contributed by atoms with van der Waals surface area (Å²) in [7, 11) is 0. The van der Waals surface area contributed by atoms with E-state index < -0.39 is 53.8 Å². The molecule has 6 atom stereocenters. The lowest BCUT2D eigenvalue weighted by Crippen LogP contribution is -2.55. The van der Waals surface area contributed by atoms with Gasteiger partial charge in [-0.05, 0) is 18.6 Å². The van der Waals surface area contributed by atoms with Crippen LogP contribution in [0.4, 0.5) is 13.2 Å². The van der Waals surface area contributed by atoms with Crippen molar-refractivity contribution in [3.8, 4) is 11.3 Å². The third-order valence-electron chi connectivity index (χ3n) is 5.47. The Kier molecular flexibility index (Phi) is 6.72. The summed E-state index contributed by atoms with van der Waals surface area (Å²) in [5.74, 6) is -4.52. The number of benzene rings is 1. The van der Waals surface area contributed by atoms with E-state index in [4.69, 9.17) is 4.74 Å². The summed E-state index contributed by atoms with van der Waals surface area (Å²) in [6, 6.07) is 0.409. The number of carbonyl (C=O) groups is 1. The zero-order valence-electron chi connectivity index (χ0n) is 16.6. The van der Waals surface area contributed by atoms with Crippen molar-refractivity contribution in [2.75, 3.05) is 13.2 Å². The first-order valence-corrected chi connectivity index (χ1v) is 10.8. The second-order valence-electron chi connectivity index (χ2n) is 7.64. The lowest BCUT2D eigenvalue weighted by atomic mass is 9.97. The molecule has 0 spiro atoms. The molecule has 1 aromatic heterocycles. The third-order valence-corrected chi connectivity index (χ3v) is 6.92. The molecule has 2 saturated heterocycles. The van der Waals surface area contributed by atoms with Crippen LogP contribution in [0, 0.1) is 17.5 Å². The van der Waals surface area contributed by atoms with Gasteiger partial charge in [-0.1, -0.05) is 5.21 Å². The van der Waals surface area contributed by atoms with Gasteiger partial charge in [0.1, 0.15) is 35.5 Å². The molecule has 4 N–H and O–H groups in total. The van der Waals surface area contributed by atoms with Crippen LogP contribution in [0.15, 0.2) is 18.3 Å². The van der Waals surface area contributed by atoms with Crippen molar-refractivity contribution in [2.24, 2.45) is 0 Å². The molecular formula is C19H21F3N4O5S. The number of ether oxygens (including phenoxy) is 1. The summed E-state index contributed by atoms with van der Waals surface area (Å²) in [5.41, 5.74) is -0.978. The van der Waals surface area contributed by atoms with Crippen molar-refractivity contribution in [2.45, 2.75) is 47.9 Å². The summed E-state index contributed by atoms with van der Waals surface area (Å²) in [6.45, 7) is -0.0471. The zero-order valence-corrected chi connectivity index (χ0v) is 17.4. The van der Waals surface area contributed by atoms with Crippen molar-refractivity contribution >= 4 is 17.7 Å². The van der Waals surface area contributed by atoms with Crippen LogP contribution in [0.1, 0.15) is 18.9 Å². The fraction of sp³-hybridized carbons (Fsp3) is 0.526. The van der Waals surface area contributed by atoms with Gasteiger partial charge < -0.3 is 25.4 Å². The Hall–Kier alpha value is -2.19. The van der Waals surface area contributed by atoms with E-state index in [0.29, 0.717) is 13.0 Å². The van der Waals surface area contributed by atoms with Gasteiger partial charge in [-0.2, -0.15) is 0 Å². The lowest BCUT2D eigenvalue weighted by Gasteiger charge is -2.43. The number of rotatable bonds is 5. The van der Waals surface area contributed by atoms with Gasteiger partial charge in [0.25, 0.3) is 0 Å². The van der Waals surface area contributed by atoms with Gasteiger partial charge >= 0.3 is 0 Å². The number of aliphatic hydroxyl groups excluding tert-OH is 3. The van der Waals surface area contributed by atoms with E-state index in [1.54, 1.807) is 0 Å². The Morgan fingerprint density at radius 3 is 2.59 bits per heavy atom. The van der Waals surface area contributed by atoms with E-state index in [9.17, 15) is 33.3 Å². The third kappa shape index (κ3) is 4.48. The summed E-state index contributed by atoms with van der Waals surface area (Å²) >= 11 is 1.22. The molecular weight excluding hydrogens is 453 g/mol. The molecule has 2 aromatic rings.